The fourth-order valence-electron chi connectivity index (χ4n) is 3.14. The number of imide groups is 1. The Labute approximate surface area is 247 Å². The number of phosphoric acid groups is 1. The molecule has 1 heterocycles. The maximum absolute atomic E-state index is 12.4. The van der Waals surface area contributed by atoms with Crippen LogP contribution in [-0.4, -0.2) is 117 Å². The van der Waals surface area contributed by atoms with Crippen molar-refractivity contribution >= 4 is 55.3 Å². The van der Waals surface area contributed by atoms with Crippen LogP contribution in [0, 0.1) is 0 Å². The average molecular weight is 643 g/mol. The molecule has 1 fully saturated rings. The third-order valence-corrected chi connectivity index (χ3v) is 7.00. The SMILES string of the molecule is CC(=O)OC[C@H](COP(=O)([O-])OCCNC(=O)OCCOCCN1C(=O)CC(SCC(=O)NC(C)C)C1=O)OC(C)=O. The molecule has 3 atom stereocenters. The molecule has 0 bridgehead atoms. The molecule has 0 spiro atoms. The summed E-state index contributed by atoms with van der Waals surface area (Å²) in [5.74, 6) is -2.30. The fourth-order valence-corrected chi connectivity index (χ4v) is 4.85. The molecule has 240 valence electrons. The number of amides is 4. The maximum atomic E-state index is 12.4. The second kappa shape index (κ2) is 19.4. The lowest BCUT2D eigenvalue weighted by Gasteiger charge is -2.25. The van der Waals surface area contributed by atoms with Crippen LogP contribution in [0.2, 0.25) is 0 Å². The van der Waals surface area contributed by atoms with Crippen LogP contribution in [0.15, 0.2) is 0 Å². The van der Waals surface area contributed by atoms with Gasteiger partial charge in [-0.2, -0.15) is 0 Å². The third kappa shape index (κ3) is 16.6. The van der Waals surface area contributed by atoms with Gasteiger partial charge in [0.1, 0.15) is 13.2 Å². The first-order chi connectivity index (χ1) is 19.7. The highest BCUT2D eigenvalue weighted by Crippen LogP contribution is 2.38. The van der Waals surface area contributed by atoms with Crippen molar-refractivity contribution in [1.29, 1.82) is 0 Å². The number of ether oxygens (including phenoxy) is 4. The number of phosphoric ester groups is 1. The fraction of sp³-hybridized carbons (Fsp3) is 0.739. The summed E-state index contributed by atoms with van der Waals surface area (Å²) < 4.78 is 40.6. The van der Waals surface area contributed by atoms with Gasteiger partial charge in [-0.1, -0.05) is 0 Å². The number of nitrogens with zero attached hydrogens (tertiary/aromatic N) is 1. The average Bonchev–Trinajstić information content (AvgIpc) is 3.15. The minimum absolute atomic E-state index is 0.00423. The van der Waals surface area contributed by atoms with Crippen LogP contribution in [0.1, 0.15) is 34.1 Å². The number of likely N-dealkylation sites (tertiary alicyclic amines) is 1. The van der Waals surface area contributed by atoms with Crippen molar-refractivity contribution in [3.8, 4) is 0 Å². The van der Waals surface area contributed by atoms with Crippen LogP contribution in [-0.2, 0) is 56.5 Å². The summed E-state index contributed by atoms with van der Waals surface area (Å²) >= 11 is 1.11. The molecule has 2 N–H and O–H groups in total. The number of alkyl carbamates (subject to hydrolysis) is 1. The van der Waals surface area contributed by atoms with Crippen LogP contribution in [0.4, 0.5) is 4.79 Å². The van der Waals surface area contributed by atoms with E-state index < -0.39 is 57.0 Å². The molecule has 4 amide bonds. The molecular formula is C23H37N3O14PS-. The Bertz CT molecular complexity index is 997. The van der Waals surface area contributed by atoms with E-state index in [1.54, 1.807) is 0 Å². The molecule has 17 nitrogen and oxygen atoms in total. The van der Waals surface area contributed by atoms with Crippen LogP contribution in [0.25, 0.3) is 0 Å². The standard InChI is InChI=1S/C23H38N3O14PS/c1-15(2)25-20(29)14-42-19-11-21(30)26(22(19)31)6-8-35-9-10-36-23(32)24-5-7-38-41(33,34)39-13-18(40-17(4)28)12-37-16(3)27/h15,18-19H,5-14H2,1-4H3,(H,24,32)(H,25,29)(H,33,34)/p-1/t18-,19?/m1/s1. The van der Waals surface area contributed by atoms with Crippen LogP contribution >= 0.6 is 19.6 Å². The highest BCUT2D eigenvalue weighted by atomic mass is 32.2. The number of nitrogens with one attached hydrogen (secondary N) is 2. The van der Waals surface area contributed by atoms with Gasteiger partial charge in [-0.15, -0.1) is 11.8 Å². The van der Waals surface area contributed by atoms with E-state index in [0.29, 0.717) is 0 Å². The second-order valence-electron chi connectivity index (χ2n) is 8.89. The van der Waals surface area contributed by atoms with E-state index in [2.05, 4.69) is 24.4 Å². The first kappa shape index (κ1) is 37.3. The molecule has 0 radical (unpaired) electrons. The molecule has 0 aromatic rings. The first-order valence-electron chi connectivity index (χ1n) is 12.8. The van der Waals surface area contributed by atoms with Crippen molar-refractivity contribution in [1.82, 2.24) is 15.5 Å². The molecule has 1 rings (SSSR count). The van der Waals surface area contributed by atoms with Crippen LogP contribution in [0.3, 0.4) is 0 Å². The topological polar surface area (TPSA) is 225 Å². The van der Waals surface area contributed by atoms with E-state index in [4.69, 9.17) is 14.2 Å². The number of rotatable bonds is 20. The summed E-state index contributed by atoms with van der Waals surface area (Å²) in [4.78, 5) is 82.9. The molecule has 1 saturated heterocycles. The molecule has 1 aliphatic rings. The predicted molar refractivity (Wildman–Crippen MR) is 143 cm³/mol. The van der Waals surface area contributed by atoms with Gasteiger partial charge in [-0.05, 0) is 13.8 Å². The van der Waals surface area contributed by atoms with Gasteiger partial charge in [0.2, 0.25) is 17.7 Å². The van der Waals surface area contributed by atoms with E-state index in [0.717, 1.165) is 30.5 Å². The van der Waals surface area contributed by atoms with E-state index >= 15 is 0 Å². The largest absolute Gasteiger partial charge is 0.756 e. The number of thioether (sulfide) groups is 1. The van der Waals surface area contributed by atoms with Gasteiger partial charge in [0.05, 0.1) is 44.0 Å². The van der Waals surface area contributed by atoms with E-state index in [1.807, 2.05) is 13.8 Å². The maximum Gasteiger partial charge on any atom is 0.407 e. The Hall–Kier alpha value is -2.76. The van der Waals surface area contributed by atoms with Crippen molar-refractivity contribution in [3.63, 3.8) is 0 Å². The quantitative estimate of drug-likeness (QED) is 0.0540. The summed E-state index contributed by atoms with van der Waals surface area (Å²) in [6.07, 6.45) is -2.05. The zero-order valence-electron chi connectivity index (χ0n) is 23.8. The van der Waals surface area contributed by atoms with Gasteiger partial charge in [0, 0.05) is 32.9 Å². The molecule has 1 aliphatic heterocycles. The number of hydrogen-bond donors (Lipinski definition) is 2. The second-order valence-corrected chi connectivity index (χ2v) is 11.5. The predicted octanol–water partition coefficient (Wildman–Crippen LogP) is -0.889. The van der Waals surface area contributed by atoms with Crippen molar-refractivity contribution in [2.24, 2.45) is 0 Å². The zero-order chi connectivity index (χ0) is 31.7. The first-order valence-corrected chi connectivity index (χ1v) is 15.3. The van der Waals surface area contributed by atoms with Crippen molar-refractivity contribution < 1.29 is 66.2 Å². The van der Waals surface area contributed by atoms with E-state index in [-0.39, 0.29) is 68.8 Å². The molecule has 19 heteroatoms. The summed E-state index contributed by atoms with van der Waals surface area (Å²) in [7, 11) is -4.83. The van der Waals surface area contributed by atoms with Crippen molar-refractivity contribution in [2.45, 2.75) is 51.5 Å². The molecule has 0 aromatic carbocycles. The number of esters is 2. The van der Waals surface area contributed by atoms with Gasteiger partial charge in [0.25, 0.3) is 7.82 Å². The highest BCUT2D eigenvalue weighted by molar-refractivity contribution is 8.01. The smallest absolute Gasteiger partial charge is 0.407 e. The molecule has 42 heavy (non-hydrogen) atoms. The minimum atomic E-state index is -4.83. The number of carbonyl (C=O) groups excluding carboxylic acids is 6. The van der Waals surface area contributed by atoms with Crippen LogP contribution < -0.4 is 15.5 Å². The Morgan fingerprint density at radius 3 is 2.38 bits per heavy atom. The molecule has 0 aromatic heterocycles. The summed E-state index contributed by atoms with van der Waals surface area (Å²) in [6.45, 7) is 3.85. The Morgan fingerprint density at radius 1 is 1.02 bits per heavy atom. The molecular weight excluding hydrogens is 605 g/mol. The summed E-state index contributed by atoms with van der Waals surface area (Å²) in [6, 6.07) is -0.0240. The number of carbonyl (C=O) groups is 6. The normalized spacial score (nSPS) is 17.0. The Kier molecular flexibility index (Phi) is 17.2. The molecule has 0 saturated carbocycles. The van der Waals surface area contributed by atoms with E-state index in [1.165, 1.54) is 0 Å². The van der Waals surface area contributed by atoms with Crippen molar-refractivity contribution in [3.05, 3.63) is 0 Å². The van der Waals surface area contributed by atoms with Crippen molar-refractivity contribution in [2.75, 3.05) is 58.5 Å². The molecule has 2 unspecified atom stereocenters. The van der Waals surface area contributed by atoms with E-state index in [9.17, 15) is 38.2 Å². The Morgan fingerprint density at radius 2 is 1.74 bits per heavy atom. The Balaban J connectivity index is 2.18. The lowest BCUT2D eigenvalue weighted by molar-refractivity contribution is -0.228. The zero-order valence-corrected chi connectivity index (χ0v) is 25.5. The van der Waals surface area contributed by atoms with Gasteiger partial charge < -0.3 is 43.5 Å². The number of hydrogen-bond acceptors (Lipinski definition) is 15. The monoisotopic (exact) mass is 642 g/mol. The molecule has 0 aliphatic carbocycles. The summed E-state index contributed by atoms with van der Waals surface area (Å²) in [5, 5.41) is 4.34. The van der Waals surface area contributed by atoms with Crippen LogP contribution in [0.5, 0.6) is 0 Å². The summed E-state index contributed by atoms with van der Waals surface area (Å²) in [5.41, 5.74) is 0. The van der Waals surface area contributed by atoms with Gasteiger partial charge >= 0.3 is 18.0 Å². The van der Waals surface area contributed by atoms with Gasteiger partial charge in [-0.25, -0.2) is 4.79 Å². The third-order valence-electron chi connectivity index (χ3n) is 4.83. The lowest BCUT2D eigenvalue weighted by atomic mass is 10.4. The highest BCUT2D eigenvalue weighted by Gasteiger charge is 2.38. The van der Waals surface area contributed by atoms with Gasteiger partial charge in [-0.3, -0.25) is 33.4 Å². The minimum Gasteiger partial charge on any atom is -0.756 e. The van der Waals surface area contributed by atoms with Gasteiger partial charge in [0.15, 0.2) is 6.10 Å². The lowest BCUT2D eigenvalue weighted by Crippen LogP contribution is -2.35.